The van der Waals surface area contributed by atoms with E-state index < -0.39 is 33.4 Å². The molecule has 0 spiro atoms. The van der Waals surface area contributed by atoms with Crippen LogP contribution in [0, 0.1) is 23.6 Å². The predicted molar refractivity (Wildman–Crippen MR) is 203 cm³/mol. The topological polar surface area (TPSA) is 148 Å². The standard InChI is InChI=1S/C42H52FNO9S/c1-28(2)37(41(48)49)24-35(45)25-53-42(26-52-27-42)22-21-30-7-11-32(12-8-30)39-36(19-20-38(46)31-13-15-33(43)16-14-31)40(47)44(39)34-17-9-29(10-18-34)6-4-5-23-54(3,50)51/h7-18,28,36-39,46H,4-6,19-27H2,1-3H3,(H,48,49)/t36-,37-,38+,39-/m1/s1. The fourth-order valence-electron chi connectivity index (χ4n) is 7.23. The molecule has 0 saturated carbocycles. The van der Waals surface area contributed by atoms with Crippen LogP contribution in [0.5, 0.6) is 0 Å². The van der Waals surface area contributed by atoms with Crippen molar-refractivity contribution in [3.05, 3.63) is 101 Å². The molecule has 12 heteroatoms. The third-order valence-corrected chi connectivity index (χ3v) is 11.7. The third-order valence-electron chi connectivity index (χ3n) is 10.7. The molecule has 3 aromatic rings. The van der Waals surface area contributed by atoms with Crippen molar-refractivity contribution < 1.29 is 46.9 Å². The second kappa shape index (κ2) is 18.1. The van der Waals surface area contributed by atoms with E-state index in [4.69, 9.17) is 9.47 Å². The highest BCUT2D eigenvalue weighted by Gasteiger charge is 2.48. The van der Waals surface area contributed by atoms with Crippen LogP contribution >= 0.6 is 0 Å². The van der Waals surface area contributed by atoms with Gasteiger partial charge < -0.3 is 24.6 Å². The van der Waals surface area contributed by atoms with Crippen LogP contribution in [-0.4, -0.2) is 73.7 Å². The third kappa shape index (κ3) is 10.8. The molecule has 0 unspecified atom stereocenters. The number of halogens is 1. The molecule has 292 valence electrons. The average molecular weight is 766 g/mol. The van der Waals surface area contributed by atoms with E-state index in [-0.39, 0.29) is 54.2 Å². The van der Waals surface area contributed by atoms with E-state index in [2.05, 4.69) is 0 Å². The monoisotopic (exact) mass is 765 g/mol. The molecular weight excluding hydrogens is 714 g/mol. The Bertz CT molecular complexity index is 1840. The Morgan fingerprint density at radius 2 is 1.59 bits per heavy atom. The van der Waals surface area contributed by atoms with E-state index in [0.29, 0.717) is 50.9 Å². The molecule has 2 aliphatic heterocycles. The van der Waals surface area contributed by atoms with E-state index in [1.165, 1.54) is 18.4 Å². The molecule has 54 heavy (non-hydrogen) atoms. The Kier molecular flexibility index (Phi) is 13.8. The number of anilines is 1. The second-order valence-corrected chi connectivity index (χ2v) is 17.6. The van der Waals surface area contributed by atoms with Gasteiger partial charge in [-0.15, -0.1) is 0 Å². The number of carboxylic acid groups (broad SMARTS) is 1. The van der Waals surface area contributed by atoms with Gasteiger partial charge in [0.25, 0.3) is 0 Å². The zero-order chi connectivity index (χ0) is 39.0. The second-order valence-electron chi connectivity index (χ2n) is 15.3. The molecule has 0 aromatic heterocycles. The van der Waals surface area contributed by atoms with Gasteiger partial charge in [-0.05, 0) is 97.4 Å². The van der Waals surface area contributed by atoms with Gasteiger partial charge >= 0.3 is 5.97 Å². The number of nitrogens with zero attached hydrogens (tertiary/aromatic N) is 1. The van der Waals surface area contributed by atoms with Crippen molar-refractivity contribution in [2.45, 2.75) is 83.0 Å². The van der Waals surface area contributed by atoms with Crippen LogP contribution in [0.1, 0.15) is 86.8 Å². The van der Waals surface area contributed by atoms with Crippen LogP contribution < -0.4 is 4.90 Å². The Hall–Kier alpha value is -3.97. The lowest BCUT2D eigenvalue weighted by molar-refractivity contribution is -0.212. The molecule has 4 atom stereocenters. The maximum Gasteiger partial charge on any atom is 0.307 e. The van der Waals surface area contributed by atoms with E-state index >= 15 is 0 Å². The molecule has 2 aliphatic rings. The van der Waals surface area contributed by atoms with Gasteiger partial charge in [0.1, 0.15) is 27.9 Å². The van der Waals surface area contributed by atoms with Gasteiger partial charge in [0.2, 0.25) is 5.91 Å². The number of carboxylic acids is 1. The fraction of sp³-hybridized carbons (Fsp3) is 0.500. The number of aliphatic hydroxyl groups is 1. The summed E-state index contributed by atoms with van der Waals surface area (Å²) in [6.07, 6.45) is 4.43. The van der Waals surface area contributed by atoms with Crippen molar-refractivity contribution in [1.29, 1.82) is 0 Å². The molecule has 0 bridgehead atoms. The number of ketones is 1. The van der Waals surface area contributed by atoms with E-state index in [1.807, 2.05) is 48.5 Å². The summed E-state index contributed by atoms with van der Waals surface area (Å²) in [5, 5.41) is 20.3. The molecule has 1 amide bonds. The number of aliphatic carboxylic acids is 1. The van der Waals surface area contributed by atoms with Crippen LogP contribution in [0.4, 0.5) is 10.1 Å². The lowest BCUT2D eigenvalue weighted by Gasteiger charge is -2.48. The first kappa shape index (κ1) is 41.2. The van der Waals surface area contributed by atoms with Gasteiger partial charge in [-0.2, -0.15) is 0 Å². The summed E-state index contributed by atoms with van der Waals surface area (Å²) in [7, 11) is -3.00. The van der Waals surface area contributed by atoms with Gasteiger partial charge in [0.15, 0.2) is 5.78 Å². The summed E-state index contributed by atoms with van der Waals surface area (Å²) in [5.74, 6) is -2.79. The molecule has 0 aliphatic carbocycles. The minimum Gasteiger partial charge on any atom is -0.481 e. The van der Waals surface area contributed by atoms with Gasteiger partial charge in [0, 0.05) is 24.1 Å². The number of aliphatic hydroxyl groups excluding tert-OH is 1. The molecule has 10 nitrogen and oxygen atoms in total. The van der Waals surface area contributed by atoms with Crippen LogP contribution in [0.3, 0.4) is 0 Å². The number of carbonyl (C=O) groups is 3. The number of β-lactam (4-membered cyclic amide) rings is 1. The zero-order valence-corrected chi connectivity index (χ0v) is 32.1. The van der Waals surface area contributed by atoms with Crippen LogP contribution in [0.2, 0.25) is 0 Å². The van der Waals surface area contributed by atoms with E-state index in [9.17, 15) is 37.4 Å². The summed E-state index contributed by atoms with van der Waals surface area (Å²) in [4.78, 5) is 39.7. The largest absolute Gasteiger partial charge is 0.481 e. The Balaban J connectivity index is 1.24. The fourth-order valence-corrected chi connectivity index (χ4v) is 7.96. The number of amides is 1. The Morgan fingerprint density at radius 3 is 2.17 bits per heavy atom. The minimum absolute atomic E-state index is 0.0435. The normalized spacial score (nSPS) is 19.2. The first-order valence-electron chi connectivity index (χ1n) is 18.7. The van der Waals surface area contributed by atoms with Gasteiger partial charge in [-0.1, -0.05) is 62.4 Å². The smallest absolute Gasteiger partial charge is 0.307 e. The number of ether oxygens (including phenoxy) is 2. The lowest BCUT2D eigenvalue weighted by Crippen LogP contribution is -2.55. The highest BCUT2D eigenvalue weighted by molar-refractivity contribution is 7.90. The number of aryl methyl sites for hydroxylation is 2. The highest BCUT2D eigenvalue weighted by Crippen LogP contribution is 2.46. The lowest BCUT2D eigenvalue weighted by atomic mass is 9.78. The van der Waals surface area contributed by atoms with Crippen molar-refractivity contribution in [3.8, 4) is 0 Å². The van der Waals surface area contributed by atoms with Crippen LogP contribution in [-0.2, 0) is 46.5 Å². The molecule has 0 radical (unpaired) electrons. The minimum atomic E-state index is -3.00. The van der Waals surface area contributed by atoms with Crippen molar-refractivity contribution in [1.82, 2.24) is 0 Å². The summed E-state index contributed by atoms with van der Waals surface area (Å²) in [5.41, 5.74) is 3.79. The number of rotatable bonds is 21. The SMILES string of the molecule is CC(C)[C@@H](CC(=O)COC1(CCc2ccc([C@@H]3[C@@H](CC[C@H](O)c4ccc(F)cc4)C(=O)N3c3ccc(CCCCS(C)(=O)=O)cc3)cc2)COC1)C(=O)O. The van der Waals surface area contributed by atoms with Crippen molar-refractivity contribution in [2.75, 3.05) is 36.7 Å². The summed E-state index contributed by atoms with van der Waals surface area (Å²) in [6.45, 7) is 4.12. The molecular formula is C42H52FNO9S. The number of hydrogen-bond donors (Lipinski definition) is 2. The Morgan fingerprint density at radius 1 is 0.963 bits per heavy atom. The number of hydrogen-bond acceptors (Lipinski definition) is 8. The molecule has 2 saturated heterocycles. The molecule has 3 aromatic carbocycles. The van der Waals surface area contributed by atoms with Crippen LogP contribution in [0.15, 0.2) is 72.8 Å². The van der Waals surface area contributed by atoms with Crippen molar-refractivity contribution in [3.63, 3.8) is 0 Å². The quantitative estimate of drug-likeness (QED) is 0.0923. The van der Waals surface area contributed by atoms with Gasteiger partial charge in [-0.25, -0.2) is 12.8 Å². The van der Waals surface area contributed by atoms with Crippen molar-refractivity contribution >= 4 is 33.2 Å². The Labute approximate surface area is 317 Å². The number of carbonyl (C=O) groups excluding carboxylic acids is 2. The first-order valence-corrected chi connectivity index (χ1v) is 20.8. The molecule has 5 rings (SSSR count). The molecule has 2 N–H and O–H groups in total. The molecule has 2 fully saturated rings. The number of Topliss-reactive ketones (excluding diaryl/α,β-unsaturated/α-hetero) is 1. The van der Waals surface area contributed by atoms with Crippen molar-refractivity contribution in [2.24, 2.45) is 17.8 Å². The summed E-state index contributed by atoms with van der Waals surface area (Å²) >= 11 is 0. The number of benzene rings is 3. The first-order chi connectivity index (χ1) is 25.6. The maximum atomic E-state index is 13.7. The number of unbranched alkanes of at least 4 members (excludes halogenated alkanes) is 1. The van der Waals surface area contributed by atoms with Crippen LogP contribution in [0.25, 0.3) is 0 Å². The number of sulfone groups is 1. The predicted octanol–water partition coefficient (Wildman–Crippen LogP) is 6.45. The van der Waals surface area contributed by atoms with Gasteiger partial charge in [-0.3, -0.25) is 14.4 Å². The van der Waals surface area contributed by atoms with Gasteiger partial charge in [0.05, 0.1) is 37.2 Å². The summed E-state index contributed by atoms with van der Waals surface area (Å²) < 4.78 is 47.9. The average Bonchev–Trinajstić information content (AvgIpc) is 3.11. The molecule has 2 heterocycles. The van der Waals surface area contributed by atoms with E-state index in [1.54, 1.807) is 30.9 Å². The highest BCUT2D eigenvalue weighted by atomic mass is 32.2. The van der Waals surface area contributed by atoms with E-state index in [0.717, 1.165) is 35.2 Å². The maximum absolute atomic E-state index is 13.7. The zero-order valence-electron chi connectivity index (χ0n) is 31.3. The summed E-state index contributed by atoms with van der Waals surface area (Å²) in [6, 6.07) is 21.3.